The molecule has 80 valence electrons. The van der Waals surface area contributed by atoms with Gasteiger partial charge in [-0.2, -0.15) is 0 Å². The van der Waals surface area contributed by atoms with Gasteiger partial charge in [-0.3, -0.25) is 0 Å². The smallest absolute Gasteiger partial charge is 0.138 e. The van der Waals surface area contributed by atoms with Gasteiger partial charge in [0.05, 0.1) is 5.39 Å². The van der Waals surface area contributed by atoms with Gasteiger partial charge in [-0.15, -0.1) is 11.3 Å². The van der Waals surface area contributed by atoms with Crippen molar-refractivity contribution < 1.29 is 0 Å². The number of anilines is 1. The lowest BCUT2D eigenvalue weighted by Gasteiger charge is -2.04. The summed E-state index contributed by atoms with van der Waals surface area (Å²) in [4.78, 5) is 11.5. The van der Waals surface area contributed by atoms with Crippen LogP contribution >= 0.6 is 11.3 Å². The number of nitrogens with zero attached hydrogens (tertiary/aromatic N) is 2. The van der Waals surface area contributed by atoms with Gasteiger partial charge >= 0.3 is 0 Å². The Kier molecular flexibility index (Phi) is 2.61. The first kappa shape index (κ1) is 10.4. The van der Waals surface area contributed by atoms with E-state index in [1.165, 1.54) is 15.8 Å². The second kappa shape index (κ2) is 3.77. The predicted molar refractivity (Wildman–Crippen MR) is 65.8 cm³/mol. The van der Waals surface area contributed by atoms with Crippen LogP contribution in [0, 0.1) is 13.8 Å². The van der Waals surface area contributed by atoms with Crippen molar-refractivity contribution in [3.63, 3.8) is 0 Å². The molecule has 0 amide bonds. The zero-order valence-corrected chi connectivity index (χ0v) is 10.3. The molecule has 0 aliphatic carbocycles. The lowest BCUT2D eigenvalue weighted by atomic mass is 10.2. The Morgan fingerprint density at radius 2 is 2.00 bits per heavy atom. The van der Waals surface area contributed by atoms with Crippen molar-refractivity contribution >= 4 is 27.4 Å². The van der Waals surface area contributed by atoms with Crippen LogP contribution in [0.5, 0.6) is 0 Å². The zero-order chi connectivity index (χ0) is 11.0. The zero-order valence-electron chi connectivity index (χ0n) is 9.51. The summed E-state index contributed by atoms with van der Waals surface area (Å²) in [6, 6.07) is 0. The molecule has 0 saturated carbocycles. The van der Waals surface area contributed by atoms with Crippen LogP contribution in [-0.4, -0.2) is 17.0 Å². The lowest BCUT2D eigenvalue weighted by molar-refractivity contribution is 0.965. The predicted octanol–water partition coefficient (Wildman–Crippen LogP) is 2.91. The third-order valence-corrected chi connectivity index (χ3v) is 3.73. The van der Waals surface area contributed by atoms with Gasteiger partial charge in [-0.25, -0.2) is 9.97 Å². The molecule has 0 saturated heterocycles. The van der Waals surface area contributed by atoms with Crippen LogP contribution in [0.1, 0.15) is 23.2 Å². The van der Waals surface area contributed by atoms with Gasteiger partial charge in [0.2, 0.25) is 0 Å². The Hall–Kier alpha value is -1.16. The molecule has 2 aromatic heterocycles. The van der Waals surface area contributed by atoms with Crippen LogP contribution < -0.4 is 5.32 Å². The van der Waals surface area contributed by atoms with E-state index >= 15 is 0 Å². The standard InChI is InChI=1S/C11H15N3S/c1-5-8-13-10(12-4)9-6(2)7(3)15-11(9)14-8/h5H2,1-4H3,(H,12,13,14). The van der Waals surface area contributed by atoms with E-state index in [1.807, 2.05) is 7.05 Å². The van der Waals surface area contributed by atoms with Gasteiger partial charge in [0, 0.05) is 18.3 Å². The molecular weight excluding hydrogens is 206 g/mol. The average Bonchev–Trinajstić information content (AvgIpc) is 2.53. The molecule has 3 nitrogen and oxygen atoms in total. The number of rotatable bonds is 2. The molecular formula is C11H15N3S. The normalized spacial score (nSPS) is 10.9. The third-order valence-electron chi connectivity index (χ3n) is 2.63. The summed E-state index contributed by atoms with van der Waals surface area (Å²) in [5.74, 6) is 1.87. The summed E-state index contributed by atoms with van der Waals surface area (Å²) in [6.45, 7) is 6.34. The molecule has 0 aromatic carbocycles. The highest BCUT2D eigenvalue weighted by Crippen LogP contribution is 2.32. The Morgan fingerprint density at radius 1 is 1.27 bits per heavy atom. The largest absolute Gasteiger partial charge is 0.372 e. The molecule has 0 fully saturated rings. The van der Waals surface area contributed by atoms with Crippen molar-refractivity contribution in [1.29, 1.82) is 0 Å². The molecule has 0 aliphatic heterocycles. The van der Waals surface area contributed by atoms with Gasteiger partial charge < -0.3 is 5.32 Å². The van der Waals surface area contributed by atoms with Crippen molar-refractivity contribution in [2.24, 2.45) is 0 Å². The molecule has 15 heavy (non-hydrogen) atoms. The Labute approximate surface area is 93.6 Å². The molecule has 2 rings (SSSR count). The molecule has 0 spiro atoms. The second-order valence-electron chi connectivity index (χ2n) is 3.56. The molecule has 0 aliphatic rings. The van der Waals surface area contributed by atoms with Crippen LogP contribution in [0.15, 0.2) is 0 Å². The van der Waals surface area contributed by atoms with Gasteiger partial charge in [0.15, 0.2) is 0 Å². The maximum atomic E-state index is 4.55. The highest BCUT2D eigenvalue weighted by molar-refractivity contribution is 7.18. The van der Waals surface area contributed by atoms with Gasteiger partial charge in [-0.05, 0) is 19.4 Å². The fourth-order valence-electron chi connectivity index (χ4n) is 1.63. The molecule has 0 bridgehead atoms. The van der Waals surface area contributed by atoms with E-state index < -0.39 is 0 Å². The van der Waals surface area contributed by atoms with Crippen LogP contribution in [0.25, 0.3) is 10.2 Å². The number of nitrogens with one attached hydrogen (secondary N) is 1. The molecule has 0 radical (unpaired) electrons. The molecule has 2 heterocycles. The average molecular weight is 221 g/mol. The Bertz CT molecular complexity index is 502. The van der Waals surface area contributed by atoms with Gasteiger partial charge in [0.25, 0.3) is 0 Å². The fraction of sp³-hybridized carbons (Fsp3) is 0.455. The Morgan fingerprint density at radius 3 is 2.60 bits per heavy atom. The number of thiophene rings is 1. The van der Waals surface area contributed by atoms with E-state index in [9.17, 15) is 0 Å². The molecule has 0 unspecified atom stereocenters. The SMILES string of the molecule is CCc1nc(NC)c2c(C)c(C)sc2n1. The minimum atomic E-state index is 0.876. The molecule has 2 aromatic rings. The van der Waals surface area contributed by atoms with E-state index in [0.29, 0.717) is 0 Å². The first-order chi connectivity index (χ1) is 7.17. The van der Waals surface area contributed by atoms with Crippen LogP contribution in [0.2, 0.25) is 0 Å². The summed E-state index contributed by atoms with van der Waals surface area (Å²) in [5.41, 5.74) is 1.29. The van der Waals surface area contributed by atoms with E-state index in [-0.39, 0.29) is 0 Å². The number of fused-ring (bicyclic) bond motifs is 1. The van der Waals surface area contributed by atoms with Crippen molar-refractivity contribution in [3.8, 4) is 0 Å². The molecule has 4 heteroatoms. The lowest BCUT2D eigenvalue weighted by Crippen LogP contribution is -1.99. The minimum absolute atomic E-state index is 0.876. The monoisotopic (exact) mass is 221 g/mol. The number of aryl methyl sites for hydroxylation is 3. The first-order valence-electron chi connectivity index (χ1n) is 5.11. The van der Waals surface area contributed by atoms with E-state index in [4.69, 9.17) is 0 Å². The van der Waals surface area contributed by atoms with Crippen molar-refractivity contribution in [3.05, 3.63) is 16.3 Å². The topological polar surface area (TPSA) is 37.8 Å². The number of hydrogen-bond donors (Lipinski definition) is 1. The summed E-state index contributed by atoms with van der Waals surface area (Å²) >= 11 is 1.75. The second-order valence-corrected chi connectivity index (χ2v) is 4.76. The summed E-state index contributed by atoms with van der Waals surface area (Å²) in [7, 11) is 1.91. The quantitative estimate of drug-likeness (QED) is 0.847. The van der Waals surface area contributed by atoms with Crippen molar-refractivity contribution in [2.75, 3.05) is 12.4 Å². The van der Waals surface area contributed by atoms with Crippen LogP contribution in [0.4, 0.5) is 5.82 Å². The third kappa shape index (κ3) is 1.59. The highest BCUT2D eigenvalue weighted by Gasteiger charge is 2.12. The number of aromatic nitrogens is 2. The maximum Gasteiger partial charge on any atom is 0.138 e. The van der Waals surface area contributed by atoms with Gasteiger partial charge in [0.1, 0.15) is 16.5 Å². The summed E-state index contributed by atoms with van der Waals surface area (Å²) in [6.07, 6.45) is 0.876. The highest BCUT2D eigenvalue weighted by atomic mass is 32.1. The van der Waals surface area contributed by atoms with E-state index in [2.05, 4.69) is 36.1 Å². The summed E-state index contributed by atoms with van der Waals surface area (Å²) in [5, 5.41) is 4.33. The summed E-state index contributed by atoms with van der Waals surface area (Å²) < 4.78 is 0. The van der Waals surface area contributed by atoms with Crippen LogP contribution in [0.3, 0.4) is 0 Å². The Balaban J connectivity index is 2.81. The minimum Gasteiger partial charge on any atom is -0.372 e. The van der Waals surface area contributed by atoms with E-state index in [0.717, 1.165) is 22.9 Å². The number of hydrogen-bond acceptors (Lipinski definition) is 4. The molecule has 1 N–H and O–H groups in total. The first-order valence-corrected chi connectivity index (χ1v) is 5.93. The molecule has 0 atom stereocenters. The van der Waals surface area contributed by atoms with Gasteiger partial charge in [-0.1, -0.05) is 6.92 Å². The van der Waals surface area contributed by atoms with Crippen molar-refractivity contribution in [2.45, 2.75) is 27.2 Å². The maximum absolute atomic E-state index is 4.55. The fourth-order valence-corrected chi connectivity index (χ4v) is 2.68. The van der Waals surface area contributed by atoms with E-state index in [1.54, 1.807) is 11.3 Å². The van der Waals surface area contributed by atoms with Crippen LogP contribution in [-0.2, 0) is 6.42 Å². The van der Waals surface area contributed by atoms with Crippen molar-refractivity contribution in [1.82, 2.24) is 9.97 Å².